The fourth-order valence-corrected chi connectivity index (χ4v) is 2.29. The molecule has 0 aliphatic carbocycles. The van der Waals surface area contributed by atoms with Crippen LogP contribution in [0.5, 0.6) is 5.75 Å². The summed E-state index contributed by atoms with van der Waals surface area (Å²) in [5, 5.41) is 21.2. The number of carboxylic acids is 1. The number of anilines is 1. The van der Waals surface area contributed by atoms with E-state index in [1.54, 1.807) is 30.3 Å². The van der Waals surface area contributed by atoms with Gasteiger partial charge in [0.1, 0.15) is 17.4 Å². The standard InChI is InChI=1S/C18H12Cl2N2O4/c19-13-5-6-14(20)15(8-13)22-18(25)12(9-21)7-11-3-1-2-4-16(11)26-10-17(23)24/h1-8H,10H2,(H,22,25)(H,23,24)/b12-7-. The predicted molar refractivity (Wildman–Crippen MR) is 98.3 cm³/mol. The number of rotatable bonds is 6. The van der Waals surface area contributed by atoms with Gasteiger partial charge in [-0.2, -0.15) is 5.26 Å². The van der Waals surface area contributed by atoms with Crippen molar-refractivity contribution in [3.63, 3.8) is 0 Å². The first kappa shape index (κ1) is 19.3. The number of carbonyl (C=O) groups excluding carboxylic acids is 1. The number of aliphatic carboxylic acids is 1. The molecule has 2 rings (SSSR count). The lowest BCUT2D eigenvalue weighted by molar-refractivity contribution is -0.139. The van der Waals surface area contributed by atoms with Crippen LogP contribution in [0.2, 0.25) is 10.0 Å². The van der Waals surface area contributed by atoms with Gasteiger partial charge in [-0.15, -0.1) is 0 Å². The highest BCUT2D eigenvalue weighted by Crippen LogP contribution is 2.26. The summed E-state index contributed by atoms with van der Waals surface area (Å²) < 4.78 is 5.15. The fourth-order valence-electron chi connectivity index (χ4n) is 1.96. The molecule has 2 aromatic carbocycles. The van der Waals surface area contributed by atoms with E-state index in [1.807, 2.05) is 0 Å². The Hall–Kier alpha value is -3.01. The molecule has 0 atom stereocenters. The molecule has 8 heteroatoms. The second-order valence-corrected chi connectivity index (χ2v) is 5.81. The Morgan fingerprint density at radius 3 is 2.65 bits per heavy atom. The first-order chi connectivity index (χ1) is 12.4. The van der Waals surface area contributed by atoms with Crippen molar-refractivity contribution in [1.29, 1.82) is 5.26 Å². The minimum absolute atomic E-state index is 0.215. The third kappa shape index (κ3) is 5.24. The normalized spacial score (nSPS) is 10.7. The van der Waals surface area contributed by atoms with Crippen molar-refractivity contribution in [1.82, 2.24) is 0 Å². The average molecular weight is 391 g/mol. The van der Waals surface area contributed by atoms with E-state index in [2.05, 4.69) is 5.32 Å². The molecule has 0 saturated carbocycles. The van der Waals surface area contributed by atoms with E-state index in [0.717, 1.165) is 0 Å². The van der Waals surface area contributed by atoms with Crippen LogP contribution in [0.1, 0.15) is 5.56 Å². The van der Waals surface area contributed by atoms with E-state index < -0.39 is 18.5 Å². The van der Waals surface area contributed by atoms with Crippen LogP contribution >= 0.6 is 23.2 Å². The van der Waals surface area contributed by atoms with E-state index in [1.165, 1.54) is 24.3 Å². The van der Waals surface area contributed by atoms with Crippen LogP contribution in [0.4, 0.5) is 5.69 Å². The molecule has 0 aromatic heterocycles. The summed E-state index contributed by atoms with van der Waals surface area (Å²) in [4.78, 5) is 23.0. The summed E-state index contributed by atoms with van der Waals surface area (Å²) >= 11 is 11.9. The minimum atomic E-state index is -1.14. The predicted octanol–water partition coefficient (Wildman–Crippen LogP) is 4.00. The lowest BCUT2D eigenvalue weighted by atomic mass is 10.1. The third-order valence-electron chi connectivity index (χ3n) is 3.11. The van der Waals surface area contributed by atoms with E-state index in [0.29, 0.717) is 10.6 Å². The zero-order valence-corrected chi connectivity index (χ0v) is 14.7. The van der Waals surface area contributed by atoms with Gasteiger partial charge in [0.05, 0.1) is 10.7 Å². The number of carbonyl (C=O) groups is 2. The summed E-state index contributed by atoms with van der Waals surface area (Å²) in [6, 6.07) is 12.8. The summed E-state index contributed by atoms with van der Waals surface area (Å²) in [5.74, 6) is -1.60. The van der Waals surface area contributed by atoms with Crippen LogP contribution in [0.25, 0.3) is 6.08 Å². The van der Waals surface area contributed by atoms with Crippen LogP contribution in [0.3, 0.4) is 0 Å². The van der Waals surface area contributed by atoms with Crippen molar-refractivity contribution in [3.8, 4) is 11.8 Å². The molecular weight excluding hydrogens is 379 g/mol. The van der Waals surface area contributed by atoms with Gasteiger partial charge in [-0.25, -0.2) is 4.79 Å². The summed E-state index contributed by atoms with van der Waals surface area (Å²) in [5.41, 5.74) is 0.436. The van der Waals surface area contributed by atoms with Gasteiger partial charge in [0, 0.05) is 10.6 Å². The lowest BCUT2D eigenvalue weighted by Crippen LogP contribution is -2.14. The molecule has 0 aliphatic rings. The van der Waals surface area contributed by atoms with Crippen molar-refractivity contribution >= 4 is 46.8 Å². The van der Waals surface area contributed by atoms with E-state index >= 15 is 0 Å². The molecular formula is C18H12Cl2N2O4. The second kappa shape index (κ2) is 8.90. The molecule has 0 fully saturated rings. The highest BCUT2D eigenvalue weighted by atomic mass is 35.5. The number of carboxylic acid groups (broad SMARTS) is 1. The Labute approximate surface area is 159 Å². The van der Waals surface area contributed by atoms with E-state index in [9.17, 15) is 14.9 Å². The topological polar surface area (TPSA) is 99.4 Å². The van der Waals surface area contributed by atoms with Crippen molar-refractivity contribution in [2.75, 3.05) is 11.9 Å². The van der Waals surface area contributed by atoms with Crippen molar-refractivity contribution in [3.05, 3.63) is 63.6 Å². The smallest absolute Gasteiger partial charge is 0.341 e. The van der Waals surface area contributed by atoms with E-state index in [4.69, 9.17) is 33.0 Å². The Bertz CT molecular complexity index is 920. The number of halogens is 2. The molecule has 2 aromatic rings. The van der Waals surface area contributed by atoms with Crippen LogP contribution < -0.4 is 10.1 Å². The van der Waals surface area contributed by atoms with Crippen molar-refractivity contribution in [2.24, 2.45) is 0 Å². The first-order valence-corrected chi connectivity index (χ1v) is 7.98. The maximum Gasteiger partial charge on any atom is 0.341 e. The number of ether oxygens (including phenoxy) is 1. The van der Waals surface area contributed by atoms with E-state index in [-0.39, 0.29) is 22.0 Å². The molecule has 0 bridgehead atoms. The largest absolute Gasteiger partial charge is 0.481 e. The van der Waals surface area contributed by atoms with Crippen molar-refractivity contribution < 1.29 is 19.4 Å². The van der Waals surface area contributed by atoms with Gasteiger partial charge < -0.3 is 15.2 Å². The number of hydrogen-bond donors (Lipinski definition) is 2. The highest BCUT2D eigenvalue weighted by molar-refractivity contribution is 6.36. The fraction of sp³-hybridized carbons (Fsp3) is 0.0556. The zero-order chi connectivity index (χ0) is 19.1. The van der Waals surface area contributed by atoms with Crippen LogP contribution in [-0.2, 0) is 9.59 Å². The zero-order valence-electron chi connectivity index (χ0n) is 13.2. The molecule has 6 nitrogen and oxygen atoms in total. The molecule has 132 valence electrons. The van der Waals surface area contributed by atoms with Gasteiger partial charge in [-0.3, -0.25) is 4.79 Å². The number of benzene rings is 2. The molecule has 0 radical (unpaired) electrons. The number of nitrogens with one attached hydrogen (secondary N) is 1. The molecule has 0 spiro atoms. The Morgan fingerprint density at radius 2 is 1.96 bits per heavy atom. The number of nitrogens with zero attached hydrogens (tertiary/aromatic N) is 1. The van der Waals surface area contributed by atoms with Crippen molar-refractivity contribution in [2.45, 2.75) is 0 Å². The quantitative estimate of drug-likeness (QED) is 0.573. The molecule has 0 heterocycles. The van der Waals surface area contributed by atoms with Crippen LogP contribution in [0.15, 0.2) is 48.0 Å². The second-order valence-electron chi connectivity index (χ2n) is 4.97. The molecule has 26 heavy (non-hydrogen) atoms. The average Bonchev–Trinajstić information content (AvgIpc) is 2.61. The lowest BCUT2D eigenvalue weighted by Gasteiger charge is -2.09. The molecule has 0 unspecified atom stereocenters. The number of hydrogen-bond acceptors (Lipinski definition) is 4. The summed E-state index contributed by atoms with van der Waals surface area (Å²) in [6.45, 7) is -0.545. The number of amides is 1. The first-order valence-electron chi connectivity index (χ1n) is 7.22. The Balaban J connectivity index is 2.27. The Kier molecular flexibility index (Phi) is 6.61. The van der Waals surface area contributed by atoms with Gasteiger partial charge in [0.2, 0.25) is 0 Å². The monoisotopic (exact) mass is 390 g/mol. The van der Waals surface area contributed by atoms with Gasteiger partial charge in [-0.1, -0.05) is 41.4 Å². The van der Waals surface area contributed by atoms with Crippen LogP contribution in [-0.4, -0.2) is 23.6 Å². The Morgan fingerprint density at radius 1 is 1.23 bits per heavy atom. The highest BCUT2D eigenvalue weighted by Gasteiger charge is 2.13. The third-order valence-corrected chi connectivity index (χ3v) is 3.68. The molecule has 0 aliphatic heterocycles. The van der Waals surface area contributed by atoms with Gasteiger partial charge in [-0.05, 0) is 30.3 Å². The maximum absolute atomic E-state index is 12.4. The number of nitriles is 1. The molecule has 1 amide bonds. The minimum Gasteiger partial charge on any atom is -0.481 e. The maximum atomic E-state index is 12.4. The van der Waals surface area contributed by atoms with Gasteiger partial charge >= 0.3 is 5.97 Å². The SMILES string of the molecule is N#C/C(=C/c1ccccc1OCC(=O)O)C(=O)Nc1cc(Cl)ccc1Cl. The molecule has 0 saturated heterocycles. The van der Waals surface area contributed by atoms with Gasteiger partial charge in [0.25, 0.3) is 5.91 Å². The summed E-state index contributed by atoms with van der Waals surface area (Å²) in [7, 11) is 0. The number of para-hydroxylation sites is 1. The summed E-state index contributed by atoms with van der Waals surface area (Å²) in [6.07, 6.45) is 1.30. The van der Waals surface area contributed by atoms with Crippen LogP contribution in [0, 0.1) is 11.3 Å². The van der Waals surface area contributed by atoms with Gasteiger partial charge in [0.15, 0.2) is 6.61 Å². The molecule has 2 N–H and O–H groups in total.